The van der Waals surface area contributed by atoms with Crippen LogP contribution in [0.3, 0.4) is 0 Å². The van der Waals surface area contributed by atoms with Crippen molar-refractivity contribution >= 4 is 21.6 Å². The van der Waals surface area contributed by atoms with E-state index in [0.717, 1.165) is 0 Å². The lowest BCUT2D eigenvalue weighted by Crippen LogP contribution is -2.26. The van der Waals surface area contributed by atoms with Crippen LogP contribution < -0.4 is 4.72 Å². The summed E-state index contributed by atoms with van der Waals surface area (Å²) in [5, 5.41) is 0.349. The van der Waals surface area contributed by atoms with E-state index in [4.69, 9.17) is 11.6 Å². The highest BCUT2D eigenvalue weighted by molar-refractivity contribution is 7.89. The summed E-state index contributed by atoms with van der Waals surface area (Å²) in [6.45, 7) is 1.69. The van der Waals surface area contributed by atoms with E-state index < -0.39 is 16.1 Å². The quantitative estimate of drug-likeness (QED) is 0.938. The second-order valence-corrected chi connectivity index (χ2v) is 6.50. The van der Waals surface area contributed by atoms with Gasteiger partial charge in [0.05, 0.1) is 4.90 Å². The minimum atomic E-state index is -3.67. The standard InChI is InChI=1S/C14H13ClFNO2S/c1-10(11-5-7-13(16)8-6-11)17-20(18,19)14-4-2-3-12(15)9-14/h2-10,17H,1H3/t10-/m1/s1. The van der Waals surface area contributed by atoms with Crippen molar-refractivity contribution in [2.75, 3.05) is 0 Å². The molecule has 2 aromatic carbocycles. The zero-order valence-electron chi connectivity index (χ0n) is 10.7. The summed E-state index contributed by atoms with van der Waals surface area (Å²) >= 11 is 5.79. The summed E-state index contributed by atoms with van der Waals surface area (Å²) in [4.78, 5) is 0.0963. The van der Waals surface area contributed by atoms with Gasteiger partial charge in [0.25, 0.3) is 0 Å². The number of benzene rings is 2. The van der Waals surface area contributed by atoms with Gasteiger partial charge in [-0.2, -0.15) is 0 Å². The van der Waals surface area contributed by atoms with Gasteiger partial charge < -0.3 is 0 Å². The van der Waals surface area contributed by atoms with Crippen molar-refractivity contribution in [1.29, 1.82) is 0 Å². The molecule has 1 atom stereocenters. The van der Waals surface area contributed by atoms with Crippen LogP contribution in [0.1, 0.15) is 18.5 Å². The predicted molar refractivity (Wildman–Crippen MR) is 76.6 cm³/mol. The molecule has 0 saturated carbocycles. The first-order valence-corrected chi connectivity index (χ1v) is 7.78. The minimum absolute atomic E-state index is 0.0963. The van der Waals surface area contributed by atoms with E-state index >= 15 is 0 Å². The molecule has 0 heterocycles. The maximum atomic E-state index is 12.8. The lowest BCUT2D eigenvalue weighted by molar-refractivity contribution is 0.566. The molecule has 6 heteroatoms. The fraction of sp³-hybridized carbons (Fsp3) is 0.143. The second-order valence-electron chi connectivity index (χ2n) is 4.35. The molecule has 0 radical (unpaired) electrons. The Morgan fingerprint density at radius 3 is 2.40 bits per heavy atom. The van der Waals surface area contributed by atoms with Crippen LogP contribution in [0.25, 0.3) is 0 Å². The molecule has 3 nitrogen and oxygen atoms in total. The number of nitrogens with one attached hydrogen (secondary N) is 1. The van der Waals surface area contributed by atoms with Gasteiger partial charge >= 0.3 is 0 Å². The van der Waals surface area contributed by atoms with Crippen molar-refractivity contribution < 1.29 is 12.8 Å². The molecular weight excluding hydrogens is 301 g/mol. The van der Waals surface area contributed by atoms with E-state index in [9.17, 15) is 12.8 Å². The Morgan fingerprint density at radius 1 is 1.15 bits per heavy atom. The summed E-state index contributed by atoms with van der Waals surface area (Å²) in [6, 6.07) is 11.2. The van der Waals surface area contributed by atoms with Crippen LogP contribution in [-0.4, -0.2) is 8.42 Å². The van der Waals surface area contributed by atoms with Gasteiger partial charge in [-0.1, -0.05) is 29.8 Å². The van der Waals surface area contributed by atoms with Crippen LogP contribution in [0, 0.1) is 5.82 Å². The molecule has 0 saturated heterocycles. The Bertz CT molecular complexity index is 701. The second kappa shape index (κ2) is 5.91. The van der Waals surface area contributed by atoms with Crippen LogP contribution in [0.15, 0.2) is 53.4 Å². The topological polar surface area (TPSA) is 46.2 Å². The normalized spacial score (nSPS) is 13.2. The molecule has 0 aliphatic carbocycles. The smallest absolute Gasteiger partial charge is 0.207 e. The molecule has 0 aromatic heterocycles. The Hall–Kier alpha value is -1.43. The lowest BCUT2D eigenvalue weighted by atomic mass is 10.1. The molecule has 0 fully saturated rings. The molecule has 20 heavy (non-hydrogen) atoms. The van der Waals surface area contributed by atoms with Crippen molar-refractivity contribution in [2.45, 2.75) is 17.9 Å². The Kier molecular flexibility index (Phi) is 4.42. The van der Waals surface area contributed by atoms with Gasteiger partial charge in [0.2, 0.25) is 10.0 Å². The fourth-order valence-corrected chi connectivity index (χ4v) is 3.29. The Balaban J connectivity index is 2.22. The number of hydrogen-bond acceptors (Lipinski definition) is 2. The van der Waals surface area contributed by atoms with E-state index in [1.807, 2.05) is 0 Å². The SMILES string of the molecule is C[C@@H](NS(=O)(=O)c1cccc(Cl)c1)c1ccc(F)cc1. The maximum Gasteiger partial charge on any atom is 0.241 e. The monoisotopic (exact) mass is 313 g/mol. The molecule has 0 amide bonds. The van der Waals surface area contributed by atoms with Crippen LogP contribution in [0.4, 0.5) is 4.39 Å². The zero-order chi connectivity index (χ0) is 14.8. The third-order valence-corrected chi connectivity index (χ3v) is 4.58. The summed E-state index contributed by atoms with van der Waals surface area (Å²) < 4.78 is 39.8. The van der Waals surface area contributed by atoms with Crippen molar-refractivity contribution in [3.63, 3.8) is 0 Å². The molecular formula is C14H13ClFNO2S. The highest BCUT2D eigenvalue weighted by Crippen LogP contribution is 2.19. The van der Waals surface area contributed by atoms with E-state index in [1.54, 1.807) is 31.2 Å². The van der Waals surface area contributed by atoms with Gasteiger partial charge in [-0.3, -0.25) is 0 Å². The predicted octanol–water partition coefficient (Wildman–Crippen LogP) is 3.52. The minimum Gasteiger partial charge on any atom is -0.207 e. The zero-order valence-corrected chi connectivity index (χ0v) is 12.2. The van der Waals surface area contributed by atoms with Crippen LogP contribution >= 0.6 is 11.6 Å². The van der Waals surface area contributed by atoms with Crippen molar-refractivity contribution in [2.24, 2.45) is 0 Å². The fourth-order valence-electron chi connectivity index (χ4n) is 1.75. The number of sulfonamides is 1. The van der Waals surface area contributed by atoms with Gasteiger partial charge in [-0.05, 0) is 42.8 Å². The van der Waals surface area contributed by atoms with Gasteiger partial charge in [-0.15, -0.1) is 0 Å². The highest BCUT2D eigenvalue weighted by atomic mass is 35.5. The molecule has 0 bridgehead atoms. The van der Waals surface area contributed by atoms with Crippen molar-refractivity contribution in [1.82, 2.24) is 4.72 Å². The largest absolute Gasteiger partial charge is 0.241 e. The summed E-state index contributed by atoms with van der Waals surface area (Å²) in [5.74, 6) is -0.362. The average molecular weight is 314 g/mol. The molecule has 0 aliphatic rings. The third-order valence-electron chi connectivity index (χ3n) is 2.81. The Labute approximate surface area is 122 Å². The number of hydrogen-bond donors (Lipinski definition) is 1. The molecule has 106 valence electrons. The molecule has 0 unspecified atom stereocenters. The van der Waals surface area contributed by atoms with Crippen LogP contribution in [0.5, 0.6) is 0 Å². The lowest BCUT2D eigenvalue weighted by Gasteiger charge is -2.14. The summed E-state index contributed by atoms with van der Waals surface area (Å²) in [7, 11) is -3.67. The van der Waals surface area contributed by atoms with Gasteiger partial charge in [0.15, 0.2) is 0 Å². The number of halogens is 2. The summed E-state index contributed by atoms with van der Waals surface area (Å²) in [5.41, 5.74) is 0.678. The first-order valence-electron chi connectivity index (χ1n) is 5.92. The molecule has 2 aromatic rings. The summed E-state index contributed by atoms with van der Waals surface area (Å²) in [6.07, 6.45) is 0. The molecule has 0 spiro atoms. The van der Waals surface area contributed by atoms with E-state index in [-0.39, 0.29) is 10.7 Å². The van der Waals surface area contributed by atoms with E-state index in [2.05, 4.69) is 4.72 Å². The highest BCUT2D eigenvalue weighted by Gasteiger charge is 2.18. The third kappa shape index (κ3) is 3.56. The van der Waals surface area contributed by atoms with Gasteiger partial charge in [-0.25, -0.2) is 17.5 Å². The number of rotatable bonds is 4. The molecule has 1 N–H and O–H groups in total. The first-order chi connectivity index (χ1) is 9.38. The molecule has 2 rings (SSSR count). The first kappa shape index (κ1) is 15.0. The van der Waals surface area contributed by atoms with Gasteiger partial charge in [0.1, 0.15) is 5.82 Å². The van der Waals surface area contributed by atoms with Crippen LogP contribution in [-0.2, 0) is 10.0 Å². The molecule has 0 aliphatic heterocycles. The van der Waals surface area contributed by atoms with Crippen molar-refractivity contribution in [3.05, 3.63) is 64.9 Å². The van der Waals surface area contributed by atoms with Gasteiger partial charge in [0, 0.05) is 11.1 Å². The van der Waals surface area contributed by atoms with Crippen LogP contribution in [0.2, 0.25) is 5.02 Å². The Morgan fingerprint density at radius 2 is 1.80 bits per heavy atom. The van der Waals surface area contributed by atoms with E-state index in [0.29, 0.717) is 10.6 Å². The average Bonchev–Trinajstić information content (AvgIpc) is 2.39. The van der Waals surface area contributed by atoms with E-state index in [1.165, 1.54) is 24.3 Å². The maximum absolute atomic E-state index is 12.8. The van der Waals surface area contributed by atoms with Crippen molar-refractivity contribution in [3.8, 4) is 0 Å².